The maximum atomic E-state index is 6.32. The Bertz CT molecular complexity index is 713. The van der Waals surface area contributed by atoms with Gasteiger partial charge in [0.1, 0.15) is 29.9 Å². The van der Waals surface area contributed by atoms with Crippen molar-refractivity contribution >= 4 is 11.8 Å². The van der Waals surface area contributed by atoms with Crippen LogP contribution < -0.4 is 0 Å². The van der Waals surface area contributed by atoms with Gasteiger partial charge in [0.25, 0.3) is 0 Å². The SMILES string of the molecule is COC1[C@@H](OC)[C@H]2OC(c3ccccc3)OCC2O[C@H]1Sc1ccccc1. The lowest BCUT2D eigenvalue weighted by molar-refractivity contribution is -0.323. The summed E-state index contributed by atoms with van der Waals surface area (Å²) in [5.41, 5.74) is 0.782. The molecule has 2 aliphatic rings. The van der Waals surface area contributed by atoms with Crippen LogP contribution in [0.2, 0.25) is 0 Å². The highest BCUT2D eigenvalue weighted by atomic mass is 32.2. The third-order valence-electron chi connectivity index (χ3n) is 4.90. The summed E-state index contributed by atoms with van der Waals surface area (Å²) >= 11 is 1.63. The van der Waals surface area contributed by atoms with Gasteiger partial charge < -0.3 is 23.7 Å². The van der Waals surface area contributed by atoms with Gasteiger partial charge in [-0.25, -0.2) is 0 Å². The second-order valence-corrected chi connectivity index (χ2v) is 7.72. The van der Waals surface area contributed by atoms with E-state index in [2.05, 4.69) is 12.1 Å². The molecule has 2 aliphatic heterocycles. The topological polar surface area (TPSA) is 46.2 Å². The molecule has 0 bridgehead atoms. The molecular formula is C21H24O5S. The Morgan fingerprint density at radius 2 is 1.52 bits per heavy atom. The highest BCUT2D eigenvalue weighted by Crippen LogP contribution is 2.40. The van der Waals surface area contributed by atoms with Crippen molar-refractivity contribution in [2.24, 2.45) is 0 Å². The lowest BCUT2D eigenvalue weighted by Gasteiger charge is -2.48. The highest BCUT2D eigenvalue weighted by Gasteiger charge is 2.50. The van der Waals surface area contributed by atoms with Crippen molar-refractivity contribution in [1.29, 1.82) is 0 Å². The standard InChI is InChI=1S/C21H24O5S/c1-22-18-17-16(13-24-20(26-17)14-9-5-3-6-10-14)25-21(19(18)23-2)27-15-11-7-4-8-12-15/h3-12,16-21H,13H2,1-2H3/t16?,17-,18-,19?,20?,21-/m0/s1. The van der Waals surface area contributed by atoms with E-state index in [1.54, 1.807) is 26.0 Å². The monoisotopic (exact) mass is 388 g/mol. The van der Waals surface area contributed by atoms with Crippen molar-refractivity contribution < 1.29 is 23.7 Å². The summed E-state index contributed by atoms with van der Waals surface area (Å²) in [5.74, 6) is 0. The molecule has 2 fully saturated rings. The molecule has 0 N–H and O–H groups in total. The third-order valence-corrected chi connectivity index (χ3v) is 6.05. The zero-order valence-corrected chi connectivity index (χ0v) is 16.2. The summed E-state index contributed by atoms with van der Waals surface area (Å²) in [4.78, 5) is 1.12. The minimum absolute atomic E-state index is 0.205. The van der Waals surface area contributed by atoms with E-state index < -0.39 is 6.29 Å². The van der Waals surface area contributed by atoms with Gasteiger partial charge in [-0.15, -0.1) is 0 Å². The van der Waals surface area contributed by atoms with E-state index in [1.165, 1.54) is 0 Å². The summed E-state index contributed by atoms with van der Waals surface area (Å²) < 4.78 is 30.1. The van der Waals surface area contributed by atoms with Crippen LogP contribution in [0.25, 0.3) is 0 Å². The van der Waals surface area contributed by atoms with Crippen molar-refractivity contribution in [1.82, 2.24) is 0 Å². The second kappa shape index (κ2) is 8.73. The van der Waals surface area contributed by atoms with Crippen molar-refractivity contribution in [3.8, 4) is 0 Å². The van der Waals surface area contributed by atoms with Gasteiger partial charge in [-0.3, -0.25) is 0 Å². The minimum atomic E-state index is -0.426. The summed E-state index contributed by atoms with van der Waals surface area (Å²) in [6, 6.07) is 20.1. The molecule has 6 heteroatoms. The minimum Gasteiger partial charge on any atom is -0.376 e. The number of methoxy groups -OCH3 is 2. The van der Waals surface area contributed by atoms with E-state index in [-0.39, 0.29) is 29.9 Å². The molecule has 2 saturated heterocycles. The van der Waals surface area contributed by atoms with Gasteiger partial charge in [-0.2, -0.15) is 0 Å². The zero-order valence-electron chi connectivity index (χ0n) is 15.4. The van der Waals surface area contributed by atoms with Crippen LogP contribution in [0.1, 0.15) is 11.9 Å². The first kappa shape index (κ1) is 18.9. The van der Waals surface area contributed by atoms with Crippen LogP contribution in [0, 0.1) is 0 Å². The number of ether oxygens (including phenoxy) is 5. The molecule has 5 nitrogen and oxygen atoms in total. The lowest BCUT2D eigenvalue weighted by Crippen LogP contribution is -2.62. The first-order valence-electron chi connectivity index (χ1n) is 9.05. The summed E-state index contributed by atoms with van der Waals surface area (Å²) in [5, 5.41) is 0. The van der Waals surface area contributed by atoms with Gasteiger partial charge in [0.2, 0.25) is 0 Å². The van der Waals surface area contributed by atoms with Gasteiger partial charge in [0.05, 0.1) is 6.61 Å². The first-order chi connectivity index (χ1) is 13.3. The fourth-order valence-corrected chi connectivity index (χ4v) is 4.75. The molecule has 27 heavy (non-hydrogen) atoms. The van der Waals surface area contributed by atoms with E-state index >= 15 is 0 Å². The van der Waals surface area contributed by atoms with Gasteiger partial charge in [0, 0.05) is 24.7 Å². The maximum Gasteiger partial charge on any atom is 0.184 e. The normalized spacial score (nSPS) is 33.4. The summed E-state index contributed by atoms with van der Waals surface area (Å²) in [6.45, 7) is 0.451. The highest BCUT2D eigenvalue weighted by molar-refractivity contribution is 7.99. The Kier molecular flexibility index (Phi) is 6.12. The first-order valence-corrected chi connectivity index (χ1v) is 9.93. The fraction of sp³-hybridized carbons (Fsp3) is 0.429. The molecule has 144 valence electrons. The number of hydrogen-bond acceptors (Lipinski definition) is 6. The molecule has 6 atom stereocenters. The lowest BCUT2D eigenvalue weighted by atomic mass is 9.98. The van der Waals surface area contributed by atoms with Crippen LogP contribution >= 0.6 is 11.8 Å². The predicted octanol–water partition coefficient (Wildman–Crippen LogP) is 3.65. The van der Waals surface area contributed by atoms with Crippen LogP contribution in [0.15, 0.2) is 65.6 Å². The smallest absolute Gasteiger partial charge is 0.184 e. The second-order valence-electron chi connectivity index (χ2n) is 6.55. The van der Waals surface area contributed by atoms with Gasteiger partial charge in [0.15, 0.2) is 6.29 Å². The molecule has 0 saturated carbocycles. The molecular weight excluding hydrogens is 364 g/mol. The fourth-order valence-electron chi connectivity index (χ4n) is 3.57. The largest absolute Gasteiger partial charge is 0.376 e. The van der Waals surface area contributed by atoms with Crippen LogP contribution in [-0.2, 0) is 23.7 Å². The molecule has 0 radical (unpaired) electrons. The molecule has 4 rings (SSSR count). The Balaban J connectivity index is 1.52. The number of benzene rings is 2. The van der Waals surface area contributed by atoms with E-state index in [9.17, 15) is 0 Å². The van der Waals surface area contributed by atoms with Crippen LogP contribution in [0.5, 0.6) is 0 Å². The van der Waals surface area contributed by atoms with Crippen LogP contribution in [0.3, 0.4) is 0 Å². The van der Waals surface area contributed by atoms with E-state index in [0.29, 0.717) is 6.61 Å². The van der Waals surface area contributed by atoms with Gasteiger partial charge in [-0.05, 0) is 12.1 Å². The van der Waals surface area contributed by atoms with E-state index in [4.69, 9.17) is 23.7 Å². The zero-order chi connectivity index (χ0) is 18.6. The Morgan fingerprint density at radius 3 is 2.19 bits per heavy atom. The van der Waals surface area contributed by atoms with Crippen molar-refractivity contribution in [3.05, 3.63) is 66.2 Å². The Morgan fingerprint density at radius 1 is 0.852 bits per heavy atom. The van der Waals surface area contributed by atoms with Crippen LogP contribution in [-0.4, -0.2) is 50.7 Å². The van der Waals surface area contributed by atoms with Crippen molar-refractivity contribution in [2.75, 3.05) is 20.8 Å². The third kappa shape index (κ3) is 4.06. The Hall–Kier alpha value is -1.41. The summed E-state index contributed by atoms with van der Waals surface area (Å²) in [6.07, 6.45) is -1.39. The van der Waals surface area contributed by atoms with Crippen molar-refractivity contribution in [2.45, 2.75) is 41.0 Å². The predicted molar refractivity (Wildman–Crippen MR) is 103 cm³/mol. The molecule has 2 aromatic carbocycles. The van der Waals surface area contributed by atoms with E-state index in [1.807, 2.05) is 48.5 Å². The average Bonchev–Trinajstić information content (AvgIpc) is 2.73. The molecule has 0 spiro atoms. The summed E-state index contributed by atoms with van der Waals surface area (Å²) in [7, 11) is 3.38. The maximum absolute atomic E-state index is 6.32. The van der Waals surface area contributed by atoms with Crippen LogP contribution in [0.4, 0.5) is 0 Å². The molecule has 2 aromatic rings. The Labute approximate surface area is 163 Å². The molecule has 0 aliphatic carbocycles. The van der Waals surface area contributed by atoms with Crippen molar-refractivity contribution in [3.63, 3.8) is 0 Å². The molecule has 2 heterocycles. The van der Waals surface area contributed by atoms with Gasteiger partial charge >= 0.3 is 0 Å². The number of hydrogen-bond donors (Lipinski definition) is 0. The van der Waals surface area contributed by atoms with Gasteiger partial charge in [-0.1, -0.05) is 60.3 Å². The average molecular weight is 388 g/mol. The number of thioether (sulfide) groups is 1. The molecule has 0 aromatic heterocycles. The molecule has 3 unspecified atom stereocenters. The molecule has 0 amide bonds. The van der Waals surface area contributed by atoms with E-state index in [0.717, 1.165) is 10.5 Å². The number of fused-ring (bicyclic) bond motifs is 1. The number of rotatable bonds is 5. The quantitative estimate of drug-likeness (QED) is 0.779.